The number of carbonyl (C=O) groups excluding carboxylic acids is 2. The van der Waals surface area contributed by atoms with Gasteiger partial charge in [-0.3, -0.25) is 9.59 Å². The van der Waals surface area contributed by atoms with Crippen LogP contribution in [0.1, 0.15) is 19.8 Å². The minimum Gasteiger partial charge on any atom is -0.465 e. The highest BCUT2D eigenvalue weighted by Crippen LogP contribution is 2.24. The van der Waals surface area contributed by atoms with Gasteiger partial charge in [0.25, 0.3) is 0 Å². The van der Waals surface area contributed by atoms with Crippen LogP contribution in [0.25, 0.3) is 0 Å². The molecule has 0 radical (unpaired) electrons. The van der Waals surface area contributed by atoms with Crippen LogP contribution in [0.2, 0.25) is 5.15 Å². The number of hydrogen-bond acceptors (Lipinski definition) is 5. The second-order valence-electron chi connectivity index (χ2n) is 5.12. The van der Waals surface area contributed by atoms with E-state index in [0.29, 0.717) is 11.8 Å². The molecule has 2 heterocycles. The Morgan fingerprint density at radius 3 is 2.82 bits per heavy atom. The number of hydrogen-bond donors (Lipinski definition) is 1. The third-order valence-corrected chi connectivity index (χ3v) is 3.86. The van der Waals surface area contributed by atoms with Gasteiger partial charge in [0, 0.05) is 30.9 Å². The lowest BCUT2D eigenvalue weighted by molar-refractivity contribution is -0.143. The summed E-state index contributed by atoms with van der Waals surface area (Å²) in [5, 5.41) is 3.10. The van der Waals surface area contributed by atoms with E-state index in [0.717, 1.165) is 31.6 Å². The molecule has 1 saturated heterocycles. The fraction of sp³-hybridized carbons (Fsp3) is 0.533. The van der Waals surface area contributed by atoms with E-state index in [1.807, 2.05) is 12.1 Å². The van der Waals surface area contributed by atoms with E-state index >= 15 is 0 Å². The molecule has 0 atom stereocenters. The topological polar surface area (TPSA) is 71.5 Å². The lowest BCUT2D eigenvalue weighted by atomic mass is 9.95. The van der Waals surface area contributed by atoms with E-state index in [9.17, 15) is 9.59 Å². The van der Waals surface area contributed by atoms with Crippen LogP contribution in [0, 0.1) is 5.92 Å². The zero-order chi connectivity index (χ0) is 15.9. The Labute approximate surface area is 134 Å². The number of nitrogens with one attached hydrogen (secondary N) is 1. The van der Waals surface area contributed by atoms with E-state index in [2.05, 4.69) is 15.2 Å². The normalized spacial score (nSPS) is 15.5. The Hall–Kier alpha value is -1.82. The third kappa shape index (κ3) is 4.59. The molecule has 0 aliphatic carbocycles. The molecule has 22 heavy (non-hydrogen) atoms. The number of nitrogens with zero attached hydrogens (tertiary/aromatic N) is 2. The average molecular weight is 326 g/mol. The third-order valence-electron chi connectivity index (χ3n) is 3.65. The minimum absolute atomic E-state index is 0.0626. The molecule has 1 aliphatic rings. The van der Waals surface area contributed by atoms with Gasteiger partial charge < -0.3 is 15.0 Å². The molecule has 0 bridgehead atoms. The van der Waals surface area contributed by atoms with Crippen molar-refractivity contribution in [2.24, 2.45) is 5.92 Å². The standard InChI is InChI=1S/C15H20ClN3O3/c1-2-22-14(20)10-18-15(21)11-4-7-19(8-5-11)12-3-6-17-13(16)9-12/h3,6,9,11H,2,4-5,7-8,10H2,1H3,(H,18,21). The maximum absolute atomic E-state index is 12.0. The lowest BCUT2D eigenvalue weighted by Gasteiger charge is -2.32. The fourth-order valence-electron chi connectivity index (χ4n) is 2.50. The van der Waals surface area contributed by atoms with Gasteiger partial charge in [-0.05, 0) is 31.9 Å². The highest BCUT2D eigenvalue weighted by Gasteiger charge is 2.25. The first-order valence-corrected chi connectivity index (χ1v) is 7.77. The second-order valence-corrected chi connectivity index (χ2v) is 5.51. The molecule has 6 nitrogen and oxygen atoms in total. The van der Waals surface area contributed by atoms with Crippen molar-refractivity contribution < 1.29 is 14.3 Å². The summed E-state index contributed by atoms with van der Waals surface area (Å²) in [4.78, 5) is 29.4. The second kappa shape index (κ2) is 7.98. The fourth-order valence-corrected chi connectivity index (χ4v) is 2.67. The van der Waals surface area contributed by atoms with Crippen molar-refractivity contribution in [3.05, 3.63) is 23.5 Å². The van der Waals surface area contributed by atoms with Crippen molar-refractivity contribution in [3.63, 3.8) is 0 Å². The molecule has 1 aliphatic heterocycles. The molecule has 120 valence electrons. The summed E-state index contributed by atoms with van der Waals surface area (Å²) in [5.74, 6) is -0.553. The minimum atomic E-state index is -0.403. The average Bonchev–Trinajstić information content (AvgIpc) is 2.53. The molecular weight excluding hydrogens is 306 g/mol. The predicted molar refractivity (Wildman–Crippen MR) is 83.8 cm³/mol. The predicted octanol–water partition coefficient (Wildman–Crippen LogP) is 1.63. The number of ether oxygens (including phenoxy) is 1. The molecule has 1 aromatic rings. The molecule has 0 unspecified atom stereocenters. The van der Waals surface area contributed by atoms with E-state index in [4.69, 9.17) is 16.3 Å². The Bertz CT molecular complexity index is 531. The van der Waals surface area contributed by atoms with Crippen molar-refractivity contribution in [2.75, 3.05) is 31.1 Å². The monoisotopic (exact) mass is 325 g/mol. The molecule has 0 spiro atoms. The van der Waals surface area contributed by atoms with Gasteiger partial charge in [-0.25, -0.2) is 4.98 Å². The van der Waals surface area contributed by atoms with Crippen molar-refractivity contribution in [2.45, 2.75) is 19.8 Å². The number of halogens is 1. The number of piperidine rings is 1. The highest BCUT2D eigenvalue weighted by molar-refractivity contribution is 6.29. The van der Waals surface area contributed by atoms with Crippen LogP contribution in [0.3, 0.4) is 0 Å². The van der Waals surface area contributed by atoms with Crippen molar-refractivity contribution in [1.29, 1.82) is 0 Å². The van der Waals surface area contributed by atoms with Crippen LogP contribution in [0.15, 0.2) is 18.3 Å². The van der Waals surface area contributed by atoms with Gasteiger partial charge >= 0.3 is 5.97 Å². The number of esters is 1. The number of amides is 1. The zero-order valence-electron chi connectivity index (χ0n) is 12.5. The van der Waals surface area contributed by atoms with E-state index < -0.39 is 5.97 Å². The zero-order valence-corrected chi connectivity index (χ0v) is 13.3. The number of anilines is 1. The summed E-state index contributed by atoms with van der Waals surface area (Å²) >= 11 is 5.89. The molecule has 0 aromatic carbocycles. The highest BCUT2D eigenvalue weighted by atomic mass is 35.5. The lowest BCUT2D eigenvalue weighted by Crippen LogP contribution is -2.42. The Balaban J connectivity index is 1.79. The molecular formula is C15H20ClN3O3. The Morgan fingerprint density at radius 1 is 1.45 bits per heavy atom. The van der Waals surface area contributed by atoms with Crippen LogP contribution >= 0.6 is 11.6 Å². The first-order chi connectivity index (χ1) is 10.6. The van der Waals surface area contributed by atoms with Crippen LogP contribution in [0.5, 0.6) is 0 Å². The maximum atomic E-state index is 12.0. The molecule has 1 aromatic heterocycles. The molecule has 1 N–H and O–H groups in total. The Kier molecular flexibility index (Phi) is 6.00. The summed E-state index contributed by atoms with van der Waals surface area (Å²) in [6.07, 6.45) is 3.17. The van der Waals surface area contributed by atoms with Gasteiger partial charge in [-0.2, -0.15) is 0 Å². The van der Waals surface area contributed by atoms with E-state index in [1.165, 1.54) is 0 Å². The molecule has 7 heteroatoms. The molecule has 0 saturated carbocycles. The SMILES string of the molecule is CCOC(=O)CNC(=O)C1CCN(c2ccnc(Cl)c2)CC1. The smallest absolute Gasteiger partial charge is 0.325 e. The van der Waals surface area contributed by atoms with Gasteiger partial charge in [0.2, 0.25) is 5.91 Å². The van der Waals surface area contributed by atoms with E-state index in [-0.39, 0.29) is 18.4 Å². The van der Waals surface area contributed by atoms with Gasteiger partial charge in [-0.1, -0.05) is 11.6 Å². The first-order valence-electron chi connectivity index (χ1n) is 7.40. The van der Waals surface area contributed by atoms with Gasteiger partial charge in [0.15, 0.2) is 0 Å². The first kappa shape index (κ1) is 16.5. The summed E-state index contributed by atoms with van der Waals surface area (Å²) in [5.41, 5.74) is 1.02. The number of aromatic nitrogens is 1. The molecule has 1 fully saturated rings. The van der Waals surface area contributed by atoms with Gasteiger partial charge in [-0.15, -0.1) is 0 Å². The summed E-state index contributed by atoms with van der Waals surface area (Å²) in [6, 6.07) is 3.73. The number of rotatable bonds is 5. The van der Waals surface area contributed by atoms with E-state index in [1.54, 1.807) is 13.1 Å². The van der Waals surface area contributed by atoms with Gasteiger partial charge in [0.05, 0.1) is 6.61 Å². The molecule has 1 amide bonds. The van der Waals surface area contributed by atoms with Crippen LogP contribution in [-0.4, -0.2) is 43.1 Å². The van der Waals surface area contributed by atoms with Gasteiger partial charge in [0.1, 0.15) is 11.7 Å². The largest absolute Gasteiger partial charge is 0.465 e. The summed E-state index contributed by atoms with van der Waals surface area (Å²) < 4.78 is 4.79. The van der Waals surface area contributed by atoms with Crippen molar-refractivity contribution in [1.82, 2.24) is 10.3 Å². The number of pyridine rings is 1. The Morgan fingerprint density at radius 2 is 2.18 bits per heavy atom. The van der Waals surface area contributed by atoms with Crippen LogP contribution in [0.4, 0.5) is 5.69 Å². The quantitative estimate of drug-likeness (QED) is 0.658. The number of carbonyl (C=O) groups is 2. The molecule has 2 rings (SSSR count). The summed E-state index contributed by atoms with van der Waals surface area (Å²) in [7, 11) is 0. The summed E-state index contributed by atoms with van der Waals surface area (Å²) in [6.45, 7) is 3.55. The van der Waals surface area contributed by atoms with Crippen LogP contribution in [-0.2, 0) is 14.3 Å². The van der Waals surface area contributed by atoms with Crippen LogP contribution < -0.4 is 10.2 Å². The van der Waals surface area contributed by atoms with Crippen molar-refractivity contribution in [3.8, 4) is 0 Å². The van der Waals surface area contributed by atoms with Crippen molar-refractivity contribution >= 4 is 29.2 Å². The maximum Gasteiger partial charge on any atom is 0.325 e.